The Hall–Kier alpha value is -1.86. The number of rotatable bonds is 4. The van der Waals surface area contributed by atoms with Crippen LogP contribution in [0.5, 0.6) is 5.75 Å². The van der Waals surface area contributed by atoms with Crippen molar-refractivity contribution in [3.05, 3.63) is 34.9 Å². The molecule has 140 valence electrons. The molecule has 1 saturated heterocycles. The molecule has 4 rings (SSSR count). The number of benzene rings is 1. The Bertz CT molecular complexity index is 789. The quantitative estimate of drug-likeness (QED) is 0.824. The zero-order valence-electron chi connectivity index (χ0n) is 15.5. The van der Waals surface area contributed by atoms with Gasteiger partial charge in [-0.15, -0.1) is 0 Å². The molecule has 0 bridgehead atoms. The first kappa shape index (κ1) is 17.5. The van der Waals surface area contributed by atoms with Crippen molar-refractivity contribution >= 4 is 17.9 Å². The van der Waals surface area contributed by atoms with Gasteiger partial charge in [0.05, 0.1) is 33.3 Å². The number of nitrogens with zero attached hydrogens (tertiary/aromatic N) is 4. The van der Waals surface area contributed by atoms with Crippen molar-refractivity contribution < 1.29 is 9.64 Å². The Morgan fingerprint density at radius 3 is 2.58 bits per heavy atom. The third kappa shape index (κ3) is 3.64. The van der Waals surface area contributed by atoms with Gasteiger partial charge in [0.25, 0.3) is 0 Å². The summed E-state index contributed by atoms with van der Waals surface area (Å²) in [6, 6.07) is 8.36. The van der Waals surface area contributed by atoms with Crippen molar-refractivity contribution in [1.29, 1.82) is 0 Å². The molecule has 0 spiro atoms. The van der Waals surface area contributed by atoms with E-state index in [1.165, 1.54) is 30.8 Å². The number of nitrogens with one attached hydrogen (secondary N) is 1. The summed E-state index contributed by atoms with van der Waals surface area (Å²) < 4.78 is 10.5. The average Bonchev–Trinajstić information content (AvgIpc) is 2.85. The second kappa shape index (κ2) is 7.80. The number of quaternary nitrogens is 1. The molecule has 0 aliphatic carbocycles. The third-order valence-corrected chi connectivity index (χ3v) is 5.99. The second-order valence-electron chi connectivity index (χ2n) is 7.25. The topological polar surface area (TPSA) is 39.7 Å². The molecule has 1 fully saturated rings. The molecule has 0 atom stereocenters. The number of aryl methyl sites for hydroxylation is 1. The zero-order valence-corrected chi connectivity index (χ0v) is 16.3. The predicted octanol–water partition coefficient (Wildman–Crippen LogP) is 1.51. The molecule has 7 heteroatoms. The lowest BCUT2D eigenvalue weighted by atomic mass is 10.2. The van der Waals surface area contributed by atoms with E-state index in [0.717, 1.165) is 56.3 Å². The van der Waals surface area contributed by atoms with E-state index in [9.17, 15) is 0 Å². The smallest absolute Gasteiger partial charge is 0.202 e. The van der Waals surface area contributed by atoms with Crippen molar-refractivity contribution in [3.63, 3.8) is 0 Å². The highest BCUT2D eigenvalue weighted by Gasteiger charge is 2.22. The van der Waals surface area contributed by atoms with Crippen LogP contribution in [0.1, 0.15) is 25.1 Å². The molecule has 2 aliphatic rings. The van der Waals surface area contributed by atoms with Gasteiger partial charge in [0.1, 0.15) is 11.6 Å². The van der Waals surface area contributed by atoms with E-state index >= 15 is 0 Å². The predicted molar refractivity (Wildman–Crippen MR) is 105 cm³/mol. The minimum Gasteiger partial charge on any atom is -0.497 e. The monoisotopic (exact) mass is 374 g/mol. The van der Waals surface area contributed by atoms with Crippen molar-refractivity contribution in [2.24, 2.45) is 0 Å². The first-order chi connectivity index (χ1) is 12.7. The van der Waals surface area contributed by atoms with Crippen LogP contribution in [-0.2, 0) is 19.6 Å². The van der Waals surface area contributed by atoms with Gasteiger partial charge in [-0.05, 0) is 49.3 Å². The third-order valence-electron chi connectivity index (χ3n) is 5.56. The highest BCUT2D eigenvalue weighted by Crippen LogP contribution is 2.19. The number of aromatic nitrogens is 3. The Balaban J connectivity index is 1.37. The number of methoxy groups -OCH3 is 1. The summed E-state index contributed by atoms with van der Waals surface area (Å²) in [6.07, 6.45) is 4.81. The Kier molecular flexibility index (Phi) is 5.26. The van der Waals surface area contributed by atoms with Gasteiger partial charge in [0, 0.05) is 18.7 Å². The largest absolute Gasteiger partial charge is 0.497 e. The van der Waals surface area contributed by atoms with Crippen molar-refractivity contribution in [2.75, 3.05) is 38.2 Å². The summed E-state index contributed by atoms with van der Waals surface area (Å²) in [5.41, 5.74) is 1.27. The summed E-state index contributed by atoms with van der Waals surface area (Å²) in [5, 5.41) is 4.83. The van der Waals surface area contributed by atoms with Crippen LogP contribution in [0.15, 0.2) is 24.3 Å². The number of fused-ring (bicyclic) bond motifs is 1. The normalized spacial score (nSPS) is 18.4. The van der Waals surface area contributed by atoms with E-state index in [1.807, 2.05) is 12.1 Å². The Labute approximate surface area is 160 Å². The van der Waals surface area contributed by atoms with Gasteiger partial charge in [0.15, 0.2) is 6.67 Å². The highest BCUT2D eigenvalue weighted by molar-refractivity contribution is 7.71. The summed E-state index contributed by atoms with van der Waals surface area (Å²) in [4.78, 5) is 4.00. The molecule has 0 amide bonds. The minimum absolute atomic E-state index is 0.884. The van der Waals surface area contributed by atoms with Crippen molar-refractivity contribution in [1.82, 2.24) is 14.3 Å². The lowest BCUT2D eigenvalue weighted by Gasteiger charge is -2.33. The number of hydrogen-bond acceptors (Lipinski definition) is 4. The van der Waals surface area contributed by atoms with E-state index in [0.29, 0.717) is 0 Å². The second-order valence-corrected chi connectivity index (χ2v) is 7.62. The fourth-order valence-corrected chi connectivity index (χ4v) is 4.27. The van der Waals surface area contributed by atoms with E-state index < -0.39 is 0 Å². The number of hydrogen-bond donors (Lipinski definition) is 1. The summed E-state index contributed by atoms with van der Waals surface area (Å²) in [5.74, 6) is 2.09. The van der Waals surface area contributed by atoms with Gasteiger partial charge in [-0.1, -0.05) is 6.42 Å². The van der Waals surface area contributed by atoms with E-state index in [2.05, 4.69) is 26.3 Å². The molecule has 0 unspecified atom stereocenters. The summed E-state index contributed by atoms with van der Waals surface area (Å²) >= 11 is 5.69. The molecule has 0 radical (unpaired) electrons. The van der Waals surface area contributed by atoms with Crippen LogP contribution in [-0.4, -0.2) is 47.6 Å². The lowest BCUT2D eigenvalue weighted by molar-refractivity contribution is -0.924. The first-order valence-electron chi connectivity index (χ1n) is 9.64. The molecule has 26 heavy (non-hydrogen) atoms. The number of piperazine rings is 1. The maximum absolute atomic E-state index is 5.69. The van der Waals surface area contributed by atoms with Crippen LogP contribution >= 0.6 is 12.2 Å². The van der Waals surface area contributed by atoms with Crippen LogP contribution in [0.4, 0.5) is 5.69 Å². The Morgan fingerprint density at radius 2 is 1.85 bits per heavy atom. The molecule has 2 aromatic rings. The van der Waals surface area contributed by atoms with Crippen LogP contribution in [0.25, 0.3) is 0 Å². The van der Waals surface area contributed by atoms with E-state index in [4.69, 9.17) is 22.1 Å². The molecule has 6 nitrogen and oxygen atoms in total. The molecule has 1 N–H and O–H groups in total. The van der Waals surface area contributed by atoms with Crippen LogP contribution in [0.2, 0.25) is 0 Å². The number of ether oxygens (including phenoxy) is 1. The summed E-state index contributed by atoms with van der Waals surface area (Å²) in [6.45, 7) is 6.25. The standard InChI is InChI=1S/C19H27N5OS/c1-25-17-8-6-16(7-9-17)22-13-11-21(12-14-22)15-24-19(26)23-10-4-2-3-5-18(23)20-24/h6-9H,2-5,10-15H2,1H3/p+1. The molecular weight excluding hydrogens is 346 g/mol. The first-order valence-corrected chi connectivity index (χ1v) is 10.0. The maximum atomic E-state index is 5.69. The van der Waals surface area contributed by atoms with Crippen LogP contribution < -0.4 is 14.5 Å². The highest BCUT2D eigenvalue weighted by atomic mass is 32.1. The van der Waals surface area contributed by atoms with Gasteiger partial charge in [-0.2, -0.15) is 9.78 Å². The molecule has 2 aliphatic heterocycles. The van der Waals surface area contributed by atoms with Crippen molar-refractivity contribution in [3.8, 4) is 5.75 Å². The Morgan fingerprint density at radius 1 is 1.08 bits per heavy atom. The van der Waals surface area contributed by atoms with Gasteiger partial charge in [-0.3, -0.25) is 0 Å². The molecule has 1 aromatic carbocycles. The maximum Gasteiger partial charge on any atom is 0.202 e. The fourth-order valence-electron chi connectivity index (χ4n) is 3.97. The van der Waals surface area contributed by atoms with E-state index in [-0.39, 0.29) is 0 Å². The average molecular weight is 375 g/mol. The van der Waals surface area contributed by atoms with Crippen LogP contribution in [0, 0.1) is 4.77 Å². The molecule has 1 aromatic heterocycles. The lowest BCUT2D eigenvalue weighted by Crippen LogP contribution is -3.14. The van der Waals surface area contributed by atoms with Gasteiger partial charge in [0.2, 0.25) is 4.77 Å². The molecule has 3 heterocycles. The van der Waals surface area contributed by atoms with Gasteiger partial charge >= 0.3 is 0 Å². The SMILES string of the molecule is COc1ccc(N2CC[NH+](Cn3nc4n(c3=S)CCCCC4)CC2)cc1. The molecule has 0 saturated carbocycles. The summed E-state index contributed by atoms with van der Waals surface area (Å²) in [7, 11) is 1.71. The van der Waals surface area contributed by atoms with Gasteiger partial charge < -0.3 is 19.1 Å². The van der Waals surface area contributed by atoms with Crippen LogP contribution in [0.3, 0.4) is 0 Å². The van der Waals surface area contributed by atoms with Gasteiger partial charge in [-0.25, -0.2) is 0 Å². The fraction of sp³-hybridized carbons (Fsp3) is 0.579. The number of anilines is 1. The minimum atomic E-state index is 0.884. The molecular formula is C19H28N5OS+. The zero-order chi connectivity index (χ0) is 17.9. The van der Waals surface area contributed by atoms with E-state index in [1.54, 1.807) is 12.0 Å². The van der Waals surface area contributed by atoms with Crippen molar-refractivity contribution in [2.45, 2.75) is 38.9 Å².